The lowest BCUT2D eigenvalue weighted by Gasteiger charge is -2.50. The molecule has 0 saturated carbocycles. The van der Waals surface area contributed by atoms with Crippen molar-refractivity contribution in [3.63, 3.8) is 0 Å². The minimum Gasteiger partial charge on any atom is -0.382 e. The molecule has 9 atom stereocenters. The molecule has 0 spiro atoms. The van der Waals surface area contributed by atoms with Gasteiger partial charge >= 0.3 is 0 Å². The second-order valence-electron chi connectivity index (χ2n) is 7.39. The molecule has 2 aliphatic heterocycles. The normalized spacial score (nSPS) is 41.4. The van der Waals surface area contributed by atoms with Crippen LogP contribution in [0.25, 0.3) is 0 Å². The summed E-state index contributed by atoms with van der Waals surface area (Å²) in [5.41, 5.74) is 0. The summed E-state index contributed by atoms with van der Waals surface area (Å²) >= 11 is 0. The third-order valence-corrected chi connectivity index (χ3v) is 5.85. The molecule has 0 amide bonds. The molecule has 11 heteroatoms. The zero-order valence-electron chi connectivity index (χ0n) is 19.7. The Morgan fingerprint density at radius 1 is 0.742 bits per heavy atom. The largest absolute Gasteiger partial charge is 0.382 e. The first-order chi connectivity index (χ1) is 15.0. The molecule has 2 aliphatic rings. The van der Waals surface area contributed by atoms with Crippen molar-refractivity contribution < 1.29 is 52.1 Å². The van der Waals surface area contributed by atoms with Crippen LogP contribution >= 0.6 is 0 Å². The Morgan fingerprint density at radius 2 is 1.39 bits per heavy atom. The monoisotopic (exact) mass is 454 g/mol. The van der Waals surface area contributed by atoms with Crippen molar-refractivity contribution in [2.75, 3.05) is 76.7 Å². The summed E-state index contributed by atoms with van der Waals surface area (Å²) in [6.07, 6.45) is -4.31. The minimum atomic E-state index is -1.13. The first-order valence-electron chi connectivity index (χ1n) is 10.1. The van der Waals surface area contributed by atoms with Crippen molar-refractivity contribution in [2.45, 2.75) is 54.8 Å². The summed E-state index contributed by atoms with van der Waals surface area (Å²) in [7, 11) is 12.6. The van der Waals surface area contributed by atoms with Crippen LogP contribution in [0.2, 0.25) is 0 Å². The van der Waals surface area contributed by atoms with Gasteiger partial charge in [-0.2, -0.15) is 0 Å². The van der Waals surface area contributed by atoms with Crippen molar-refractivity contribution in [3.8, 4) is 0 Å². The van der Waals surface area contributed by atoms with Crippen LogP contribution in [0, 0.1) is 0 Å². The van der Waals surface area contributed by atoms with E-state index in [4.69, 9.17) is 52.1 Å². The quantitative estimate of drug-likeness (QED) is 0.393. The number of rotatable bonds is 12. The highest BCUT2D eigenvalue weighted by molar-refractivity contribution is 4.97. The standard InChI is InChI=1S/C20H38O11/c1-21-9-12-14(23-3)16(25-5)17(26-6)19(30-12)31-13-10-29-20(28-8,11-22-2)18(27-7)15(13)24-4/h12-19H,9-11H2,1-8H3/t12-,13-,14+,15-,16+,17-,18+,19+,20?/m1/s1. The Balaban J connectivity index is 2.25. The molecule has 2 rings (SSSR count). The predicted molar refractivity (Wildman–Crippen MR) is 107 cm³/mol. The van der Waals surface area contributed by atoms with Gasteiger partial charge in [-0.1, -0.05) is 0 Å². The summed E-state index contributed by atoms with van der Waals surface area (Å²) in [4.78, 5) is 0. The van der Waals surface area contributed by atoms with E-state index in [0.29, 0.717) is 6.61 Å². The number of methoxy groups -OCH3 is 8. The summed E-state index contributed by atoms with van der Waals surface area (Å²) in [6.45, 7) is 0.614. The van der Waals surface area contributed by atoms with Crippen LogP contribution in [0.4, 0.5) is 0 Å². The molecule has 2 saturated heterocycles. The average Bonchev–Trinajstić information content (AvgIpc) is 2.79. The highest BCUT2D eigenvalue weighted by Gasteiger charge is 2.55. The Bertz CT molecular complexity index is 510. The Labute approximate surface area is 184 Å². The number of hydrogen-bond acceptors (Lipinski definition) is 11. The fourth-order valence-electron chi connectivity index (χ4n) is 4.37. The topological polar surface area (TPSA) is 102 Å². The SMILES string of the molecule is COC[C@H]1O[C@@H](O[C@@H]2COC(COC)(OC)[C@@H](OC)[C@@H]2OC)[C@H](OC)[C@@H](OC)[C@H]1OC. The maximum Gasteiger partial charge on any atom is 0.221 e. The van der Waals surface area contributed by atoms with E-state index in [2.05, 4.69) is 0 Å². The maximum absolute atomic E-state index is 6.32. The van der Waals surface area contributed by atoms with Gasteiger partial charge in [-0.05, 0) is 0 Å². The zero-order chi connectivity index (χ0) is 23.0. The zero-order valence-corrected chi connectivity index (χ0v) is 19.7. The van der Waals surface area contributed by atoms with Gasteiger partial charge < -0.3 is 52.1 Å². The first kappa shape index (κ1) is 26.8. The number of hydrogen-bond donors (Lipinski definition) is 0. The average molecular weight is 455 g/mol. The van der Waals surface area contributed by atoms with Gasteiger partial charge in [-0.3, -0.25) is 0 Å². The Kier molecular flexibility index (Phi) is 11.0. The molecule has 0 bridgehead atoms. The molecule has 0 radical (unpaired) electrons. The Morgan fingerprint density at radius 3 is 1.87 bits per heavy atom. The van der Waals surface area contributed by atoms with Gasteiger partial charge in [-0.15, -0.1) is 0 Å². The first-order valence-corrected chi connectivity index (χ1v) is 10.1. The van der Waals surface area contributed by atoms with Crippen LogP contribution in [0.5, 0.6) is 0 Å². The van der Waals surface area contributed by atoms with E-state index in [1.807, 2.05) is 0 Å². The second-order valence-corrected chi connectivity index (χ2v) is 7.39. The van der Waals surface area contributed by atoms with Gasteiger partial charge in [0.05, 0.1) is 13.2 Å². The van der Waals surface area contributed by atoms with Gasteiger partial charge in [0, 0.05) is 56.9 Å². The predicted octanol–water partition coefficient (Wildman–Crippen LogP) is -0.163. The van der Waals surface area contributed by atoms with Crippen LogP contribution in [-0.2, 0) is 52.1 Å². The molecular weight excluding hydrogens is 416 g/mol. The van der Waals surface area contributed by atoms with E-state index >= 15 is 0 Å². The van der Waals surface area contributed by atoms with Crippen molar-refractivity contribution in [1.29, 1.82) is 0 Å². The van der Waals surface area contributed by atoms with Crippen molar-refractivity contribution in [3.05, 3.63) is 0 Å². The van der Waals surface area contributed by atoms with E-state index in [0.717, 1.165) is 0 Å². The molecular formula is C20H38O11. The second kappa shape index (κ2) is 12.7. The molecule has 184 valence electrons. The Hall–Kier alpha value is -0.440. The van der Waals surface area contributed by atoms with Crippen LogP contribution in [0.1, 0.15) is 0 Å². The van der Waals surface area contributed by atoms with Crippen molar-refractivity contribution >= 4 is 0 Å². The van der Waals surface area contributed by atoms with Gasteiger partial charge in [-0.25, -0.2) is 0 Å². The lowest BCUT2D eigenvalue weighted by Crippen LogP contribution is -2.67. The van der Waals surface area contributed by atoms with Crippen LogP contribution in [-0.4, -0.2) is 132 Å². The van der Waals surface area contributed by atoms with E-state index in [9.17, 15) is 0 Å². The molecule has 31 heavy (non-hydrogen) atoms. The van der Waals surface area contributed by atoms with E-state index < -0.39 is 54.8 Å². The van der Waals surface area contributed by atoms with E-state index in [1.54, 1.807) is 49.8 Å². The van der Waals surface area contributed by atoms with Crippen LogP contribution < -0.4 is 0 Å². The molecule has 0 N–H and O–H groups in total. The van der Waals surface area contributed by atoms with Gasteiger partial charge in [0.2, 0.25) is 5.79 Å². The van der Waals surface area contributed by atoms with Crippen LogP contribution in [0.15, 0.2) is 0 Å². The highest BCUT2D eigenvalue weighted by atomic mass is 16.8. The smallest absolute Gasteiger partial charge is 0.221 e. The fourth-order valence-corrected chi connectivity index (χ4v) is 4.37. The summed E-state index contributed by atoms with van der Waals surface area (Å²) in [5, 5.41) is 0. The summed E-state index contributed by atoms with van der Waals surface area (Å²) < 4.78 is 63.2. The molecule has 2 heterocycles. The number of ether oxygens (including phenoxy) is 11. The highest BCUT2D eigenvalue weighted by Crippen LogP contribution is 2.35. The minimum absolute atomic E-state index is 0.159. The van der Waals surface area contributed by atoms with Crippen LogP contribution in [0.3, 0.4) is 0 Å². The molecule has 0 aromatic heterocycles. The molecule has 1 unspecified atom stereocenters. The molecule has 0 aliphatic carbocycles. The lowest BCUT2D eigenvalue weighted by atomic mass is 9.95. The molecule has 0 aromatic carbocycles. The third-order valence-electron chi connectivity index (χ3n) is 5.85. The lowest BCUT2D eigenvalue weighted by molar-refractivity contribution is -0.379. The summed E-state index contributed by atoms with van der Waals surface area (Å²) in [5.74, 6) is -1.13. The maximum atomic E-state index is 6.32. The van der Waals surface area contributed by atoms with E-state index in [1.165, 1.54) is 7.11 Å². The van der Waals surface area contributed by atoms with Crippen molar-refractivity contribution in [2.24, 2.45) is 0 Å². The molecule has 11 nitrogen and oxygen atoms in total. The van der Waals surface area contributed by atoms with Gasteiger partial charge in [0.1, 0.15) is 49.3 Å². The molecule has 0 aromatic rings. The van der Waals surface area contributed by atoms with Gasteiger partial charge in [0.25, 0.3) is 0 Å². The molecule has 2 fully saturated rings. The van der Waals surface area contributed by atoms with Gasteiger partial charge in [0.15, 0.2) is 6.29 Å². The summed E-state index contributed by atoms with van der Waals surface area (Å²) in [6, 6.07) is 0. The fraction of sp³-hybridized carbons (Fsp3) is 1.00. The van der Waals surface area contributed by atoms with Crippen molar-refractivity contribution in [1.82, 2.24) is 0 Å². The van der Waals surface area contributed by atoms with E-state index in [-0.39, 0.29) is 13.2 Å². The third kappa shape index (κ3) is 5.56.